The van der Waals surface area contributed by atoms with Gasteiger partial charge >= 0.3 is 5.97 Å². The van der Waals surface area contributed by atoms with Crippen molar-refractivity contribution in [3.8, 4) is 11.5 Å². The van der Waals surface area contributed by atoms with E-state index in [1.807, 2.05) is 12.1 Å². The minimum Gasteiger partial charge on any atom is -0.497 e. The van der Waals surface area contributed by atoms with Crippen molar-refractivity contribution in [2.45, 2.75) is 0 Å². The zero-order chi connectivity index (χ0) is 15.9. The van der Waals surface area contributed by atoms with Crippen LogP contribution in [-0.4, -0.2) is 32.3 Å². The molecule has 0 bridgehead atoms. The predicted octanol–water partition coefficient (Wildman–Crippen LogP) is 2.81. The highest BCUT2D eigenvalue weighted by Crippen LogP contribution is 2.26. The van der Waals surface area contributed by atoms with E-state index in [0.29, 0.717) is 17.1 Å². The standard InChI is InChI=1S/C17H17NO4/c1-20-14-8-12(9-15(11-14)21-2)10-16(17(19)22-3)13-4-6-18-7-5-13/h4-11H,1-3H3/b16-10+. The van der Waals surface area contributed by atoms with Crippen molar-refractivity contribution in [2.75, 3.05) is 21.3 Å². The van der Waals surface area contributed by atoms with Crippen molar-refractivity contribution in [1.82, 2.24) is 4.98 Å². The van der Waals surface area contributed by atoms with Gasteiger partial charge in [0.1, 0.15) is 11.5 Å². The second kappa shape index (κ2) is 7.26. The van der Waals surface area contributed by atoms with E-state index >= 15 is 0 Å². The second-order valence-corrected chi connectivity index (χ2v) is 4.43. The number of methoxy groups -OCH3 is 3. The van der Waals surface area contributed by atoms with Gasteiger partial charge in [-0.1, -0.05) is 0 Å². The van der Waals surface area contributed by atoms with Gasteiger partial charge in [-0.15, -0.1) is 0 Å². The molecular formula is C17H17NO4. The van der Waals surface area contributed by atoms with Crippen molar-refractivity contribution < 1.29 is 19.0 Å². The zero-order valence-corrected chi connectivity index (χ0v) is 12.7. The summed E-state index contributed by atoms with van der Waals surface area (Å²) in [4.78, 5) is 16.0. The summed E-state index contributed by atoms with van der Waals surface area (Å²) < 4.78 is 15.3. The average Bonchev–Trinajstić information content (AvgIpc) is 2.59. The number of rotatable bonds is 5. The Balaban J connectivity index is 2.52. The molecule has 2 rings (SSSR count). The van der Waals surface area contributed by atoms with Crippen LogP contribution in [0.25, 0.3) is 11.6 Å². The molecule has 0 saturated carbocycles. The fourth-order valence-electron chi connectivity index (χ4n) is 1.98. The lowest BCUT2D eigenvalue weighted by molar-refractivity contribution is -0.133. The molecule has 0 aliphatic heterocycles. The van der Waals surface area contributed by atoms with Gasteiger partial charge in [-0.05, 0) is 41.5 Å². The normalized spacial score (nSPS) is 11.0. The van der Waals surface area contributed by atoms with Gasteiger partial charge in [0.25, 0.3) is 0 Å². The molecule has 1 heterocycles. The summed E-state index contributed by atoms with van der Waals surface area (Å²) in [5.74, 6) is 0.863. The van der Waals surface area contributed by atoms with Gasteiger partial charge in [0.2, 0.25) is 0 Å². The molecule has 0 aliphatic rings. The lowest BCUT2D eigenvalue weighted by Gasteiger charge is -2.08. The van der Waals surface area contributed by atoms with Crippen LogP contribution in [0.1, 0.15) is 11.1 Å². The van der Waals surface area contributed by atoms with Crippen LogP contribution in [0.2, 0.25) is 0 Å². The van der Waals surface area contributed by atoms with E-state index in [1.165, 1.54) is 7.11 Å². The Morgan fingerprint density at radius 3 is 2.09 bits per heavy atom. The van der Waals surface area contributed by atoms with Crippen molar-refractivity contribution in [3.63, 3.8) is 0 Å². The number of ether oxygens (including phenoxy) is 3. The van der Waals surface area contributed by atoms with Gasteiger partial charge in [-0.25, -0.2) is 4.79 Å². The van der Waals surface area contributed by atoms with E-state index in [4.69, 9.17) is 14.2 Å². The summed E-state index contributed by atoms with van der Waals surface area (Å²) in [5.41, 5.74) is 1.93. The Labute approximate surface area is 129 Å². The van der Waals surface area contributed by atoms with Crippen LogP contribution in [0, 0.1) is 0 Å². The minimum absolute atomic E-state index is 0.423. The maximum absolute atomic E-state index is 12.1. The monoisotopic (exact) mass is 299 g/mol. The predicted molar refractivity (Wildman–Crippen MR) is 83.7 cm³/mol. The first-order valence-corrected chi connectivity index (χ1v) is 6.61. The Bertz CT molecular complexity index is 658. The SMILES string of the molecule is COC(=O)/C(=C/c1cc(OC)cc(OC)c1)c1ccncc1. The van der Waals surface area contributed by atoms with Gasteiger partial charge in [-0.2, -0.15) is 0 Å². The second-order valence-electron chi connectivity index (χ2n) is 4.43. The molecule has 0 unspecified atom stereocenters. The van der Waals surface area contributed by atoms with E-state index in [1.54, 1.807) is 50.9 Å². The summed E-state index contributed by atoms with van der Waals surface area (Å²) in [6, 6.07) is 8.89. The smallest absolute Gasteiger partial charge is 0.338 e. The number of carbonyl (C=O) groups is 1. The van der Waals surface area contributed by atoms with E-state index in [-0.39, 0.29) is 0 Å². The Hall–Kier alpha value is -2.82. The van der Waals surface area contributed by atoms with Gasteiger partial charge < -0.3 is 14.2 Å². The van der Waals surface area contributed by atoms with Crippen LogP contribution in [-0.2, 0) is 9.53 Å². The Morgan fingerprint density at radius 2 is 1.59 bits per heavy atom. The third-order valence-electron chi connectivity index (χ3n) is 3.08. The first-order valence-electron chi connectivity index (χ1n) is 6.61. The Morgan fingerprint density at radius 1 is 1.00 bits per heavy atom. The summed E-state index contributed by atoms with van der Waals surface area (Å²) >= 11 is 0. The number of esters is 1. The van der Waals surface area contributed by atoms with Crippen LogP contribution in [0.4, 0.5) is 0 Å². The van der Waals surface area contributed by atoms with Crippen molar-refractivity contribution in [3.05, 3.63) is 53.9 Å². The Kier molecular flexibility index (Phi) is 5.14. The molecule has 5 heteroatoms. The molecule has 1 aromatic carbocycles. The molecule has 0 spiro atoms. The van der Waals surface area contributed by atoms with Gasteiger partial charge in [0.05, 0.1) is 26.9 Å². The quantitative estimate of drug-likeness (QED) is 0.627. The molecule has 0 amide bonds. The molecule has 0 aliphatic carbocycles. The lowest BCUT2D eigenvalue weighted by Crippen LogP contribution is -2.04. The van der Waals surface area contributed by atoms with E-state index in [9.17, 15) is 4.79 Å². The largest absolute Gasteiger partial charge is 0.497 e. The topological polar surface area (TPSA) is 57.7 Å². The number of nitrogens with zero attached hydrogens (tertiary/aromatic N) is 1. The summed E-state index contributed by atoms with van der Waals surface area (Å²) in [5, 5.41) is 0. The lowest BCUT2D eigenvalue weighted by atomic mass is 10.0. The number of pyridine rings is 1. The number of carbonyl (C=O) groups excluding carboxylic acids is 1. The highest BCUT2D eigenvalue weighted by atomic mass is 16.5. The van der Waals surface area contributed by atoms with E-state index < -0.39 is 5.97 Å². The maximum Gasteiger partial charge on any atom is 0.338 e. The molecule has 114 valence electrons. The number of hydrogen-bond acceptors (Lipinski definition) is 5. The van der Waals surface area contributed by atoms with Crippen molar-refractivity contribution in [1.29, 1.82) is 0 Å². The van der Waals surface area contributed by atoms with Crippen molar-refractivity contribution in [2.24, 2.45) is 0 Å². The van der Waals surface area contributed by atoms with Crippen LogP contribution in [0.3, 0.4) is 0 Å². The molecule has 22 heavy (non-hydrogen) atoms. The highest BCUT2D eigenvalue weighted by molar-refractivity contribution is 6.21. The molecule has 0 atom stereocenters. The first-order chi connectivity index (χ1) is 10.7. The molecular weight excluding hydrogens is 282 g/mol. The first kappa shape index (κ1) is 15.6. The fraction of sp³-hybridized carbons (Fsp3) is 0.176. The van der Waals surface area contributed by atoms with E-state index in [2.05, 4.69) is 4.98 Å². The van der Waals surface area contributed by atoms with Crippen LogP contribution < -0.4 is 9.47 Å². The molecule has 0 saturated heterocycles. The van der Waals surface area contributed by atoms with Gasteiger partial charge in [-0.3, -0.25) is 4.98 Å². The average molecular weight is 299 g/mol. The van der Waals surface area contributed by atoms with Crippen molar-refractivity contribution >= 4 is 17.6 Å². The molecule has 0 N–H and O–H groups in total. The number of hydrogen-bond donors (Lipinski definition) is 0. The summed E-state index contributed by atoms with van der Waals surface area (Å²) in [6.07, 6.45) is 4.97. The zero-order valence-electron chi connectivity index (χ0n) is 12.7. The highest BCUT2D eigenvalue weighted by Gasteiger charge is 2.13. The molecule has 2 aromatic rings. The summed E-state index contributed by atoms with van der Waals surface area (Å²) in [7, 11) is 4.50. The van der Waals surface area contributed by atoms with Crippen LogP contribution >= 0.6 is 0 Å². The van der Waals surface area contributed by atoms with Gasteiger partial charge in [0, 0.05) is 18.5 Å². The number of benzene rings is 1. The summed E-state index contributed by atoms with van der Waals surface area (Å²) in [6.45, 7) is 0. The molecule has 0 fully saturated rings. The third kappa shape index (κ3) is 3.63. The number of aromatic nitrogens is 1. The van der Waals surface area contributed by atoms with E-state index in [0.717, 1.165) is 11.1 Å². The van der Waals surface area contributed by atoms with Crippen LogP contribution in [0.15, 0.2) is 42.7 Å². The fourth-order valence-corrected chi connectivity index (χ4v) is 1.98. The minimum atomic E-state index is -0.423. The molecule has 5 nitrogen and oxygen atoms in total. The van der Waals surface area contributed by atoms with Gasteiger partial charge in [0.15, 0.2) is 0 Å². The van der Waals surface area contributed by atoms with Crippen LogP contribution in [0.5, 0.6) is 11.5 Å². The molecule has 0 radical (unpaired) electrons. The maximum atomic E-state index is 12.1. The third-order valence-corrected chi connectivity index (χ3v) is 3.08. The molecule has 1 aromatic heterocycles.